The van der Waals surface area contributed by atoms with Crippen molar-refractivity contribution < 1.29 is 4.79 Å². The van der Waals surface area contributed by atoms with E-state index in [0.717, 1.165) is 38.1 Å². The van der Waals surface area contributed by atoms with Crippen LogP contribution in [0.15, 0.2) is 0 Å². The van der Waals surface area contributed by atoms with E-state index >= 15 is 0 Å². The number of carbonyl (C=O) groups is 1. The maximum absolute atomic E-state index is 11.5. The quantitative estimate of drug-likeness (QED) is 0.563. The van der Waals surface area contributed by atoms with Gasteiger partial charge < -0.3 is 5.32 Å². The molecule has 1 saturated carbocycles. The molecule has 1 unspecified atom stereocenters. The lowest BCUT2D eigenvalue weighted by Crippen LogP contribution is -2.24. The molecule has 1 atom stereocenters. The monoisotopic (exact) mass is 289 g/mol. The number of halogens is 1. The third kappa shape index (κ3) is 6.51. The average Bonchev–Trinajstić information content (AvgIpc) is 2.74. The predicted octanol–water partition coefficient (Wildman–Crippen LogP) is 3.64. The second-order valence-electron chi connectivity index (χ2n) is 4.96. The van der Waals surface area contributed by atoms with Gasteiger partial charge >= 0.3 is 0 Å². The van der Waals surface area contributed by atoms with E-state index in [9.17, 15) is 4.79 Å². The molecule has 1 rings (SSSR count). The Kier molecular flexibility index (Phi) is 7.10. The van der Waals surface area contributed by atoms with Gasteiger partial charge in [0.1, 0.15) is 0 Å². The zero-order valence-corrected chi connectivity index (χ0v) is 11.9. The van der Waals surface area contributed by atoms with E-state index in [1.54, 1.807) is 0 Å². The minimum absolute atomic E-state index is 0.245. The van der Waals surface area contributed by atoms with Crippen LogP contribution in [0, 0.1) is 5.92 Å². The molecule has 1 aliphatic carbocycles. The summed E-state index contributed by atoms with van der Waals surface area (Å²) in [7, 11) is 0. The van der Waals surface area contributed by atoms with Crippen molar-refractivity contribution in [2.24, 2.45) is 5.92 Å². The van der Waals surface area contributed by atoms with Crippen LogP contribution in [0.25, 0.3) is 0 Å². The largest absolute Gasteiger partial charge is 0.356 e. The van der Waals surface area contributed by atoms with E-state index in [4.69, 9.17) is 0 Å². The van der Waals surface area contributed by atoms with Crippen molar-refractivity contribution in [3.05, 3.63) is 0 Å². The Morgan fingerprint density at radius 1 is 1.44 bits per heavy atom. The summed E-state index contributed by atoms with van der Waals surface area (Å²) in [6, 6.07) is 0. The van der Waals surface area contributed by atoms with Crippen molar-refractivity contribution in [1.82, 2.24) is 5.32 Å². The minimum Gasteiger partial charge on any atom is -0.356 e. The van der Waals surface area contributed by atoms with Gasteiger partial charge in [0.2, 0.25) is 5.91 Å². The SMILES string of the molecule is CC(Br)CCCNC(=O)CCC1CCCC1. The fourth-order valence-electron chi connectivity index (χ4n) is 2.33. The summed E-state index contributed by atoms with van der Waals surface area (Å²) in [4.78, 5) is 12.1. The number of rotatable bonds is 7. The van der Waals surface area contributed by atoms with Gasteiger partial charge in [-0.2, -0.15) is 0 Å². The van der Waals surface area contributed by atoms with Crippen LogP contribution in [0.4, 0.5) is 0 Å². The van der Waals surface area contributed by atoms with Crippen LogP contribution in [-0.2, 0) is 4.79 Å². The van der Waals surface area contributed by atoms with Crippen LogP contribution in [0.1, 0.15) is 58.3 Å². The lowest BCUT2D eigenvalue weighted by molar-refractivity contribution is -0.121. The summed E-state index contributed by atoms with van der Waals surface area (Å²) >= 11 is 3.50. The Labute approximate surface area is 108 Å². The molecule has 0 spiro atoms. The first-order chi connectivity index (χ1) is 7.68. The highest BCUT2D eigenvalue weighted by Gasteiger charge is 2.15. The van der Waals surface area contributed by atoms with Crippen LogP contribution in [0.3, 0.4) is 0 Å². The molecule has 1 N–H and O–H groups in total. The minimum atomic E-state index is 0.245. The molecule has 1 amide bonds. The predicted molar refractivity (Wildman–Crippen MR) is 71.8 cm³/mol. The van der Waals surface area contributed by atoms with Gasteiger partial charge in [0.05, 0.1) is 0 Å². The van der Waals surface area contributed by atoms with Gasteiger partial charge in [-0.15, -0.1) is 0 Å². The first kappa shape index (κ1) is 14.0. The highest BCUT2D eigenvalue weighted by molar-refractivity contribution is 9.09. The van der Waals surface area contributed by atoms with Gasteiger partial charge in [0.25, 0.3) is 0 Å². The standard InChI is InChI=1S/C13H24BrNO/c1-11(14)5-4-10-15-13(16)9-8-12-6-2-3-7-12/h11-12H,2-10H2,1H3,(H,15,16). The van der Waals surface area contributed by atoms with Crippen LogP contribution in [-0.4, -0.2) is 17.3 Å². The molecule has 16 heavy (non-hydrogen) atoms. The van der Waals surface area contributed by atoms with E-state index in [-0.39, 0.29) is 5.91 Å². The summed E-state index contributed by atoms with van der Waals surface area (Å²) < 4.78 is 0. The molecule has 1 fully saturated rings. The fourth-order valence-corrected chi connectivity index (χ4v) is 2.66. The van der Waals surface area contributed by atoms with Crippen molar-refractivity contribution in [3.8, 4) is 0 Å². The fraction of sp³-hybridized carbons (Fsp3) is 0.923. The molecule has 0 aliphatic heterocycles. The zero-order valence-electron chi connectivity index (χ0n) is 10.3. The summed E-state index contributed by atoms with van der Waals surface area (Å²) in [5, 5.41) is 3.00. The number of alkyl halides is 1. The number of hydrogen-bond acceptors (Lipinski definition) is 1. The molecule has 0 radical (unpaired) electrons. The van der Waals surface area contributed by atoms with Gasteiger partial charge in [0, 0.05) is 17.8 Å². The second-order valence-corrected chi connectivity index (χ2v) is 6.53. The topological polar surface area (TPSA) is 29.1 Å². The summed E-state index contributed by atoms with van der Waals surface area (Å²) in [5.74, 6) is 1.07. The van der Waals surface area contributed by atoms with Crippen LogP contribution < -0.4 is 5.32 Å². The third-order valence-electron chi connectivity index (χ3n) is 3.36. The molecule has 0 heterocycles. The Balaban J connectivity index is 1.94. The molecule has 2 nitrogen and oxygen atoms in total. The van der Waals surface area contributed by atoms with Crippen molar-refractivity contribution >= 4 is 21.8 Å². The molecule has 0 aromatic carbocycles. The van der Waals surface area contributed by atoms with Crippen molar-refractivity contribution in [1.29, 1.82) is 0 Å². The zero-order chi connectivity index (χ0) is 11.8. The van der Waals surface area contributed by atoms with E-state index in [2.05, 4.69) is 28.2 Å². The van der Waals surface area contributed by atoms with Crippen molar-refractivity contribution in [2.75, 3.05) is 6.54 Å². The molecular formula is C13H24BrNO. The molecule has 0 aromatic heterocycles. The van der Waals surface area contributed by atoms with Gasteiger partial charge in [-0.3, -0.25) is 4.79 Å². The molecule has 1 aliphatic rings. The van der Waals surface area contributed by atoms with E-state index in [1.165, 1.54) is 25.7 Å². The maximum Gasteiger partial charge on any atom is 0.220 e. The third-order valence-corrected chi connectivity index (χ3v) is 3.81. The van der Waals surface area contributed by atoms with Crippen LogP contribution in [0.5, 0.6) is 0 Å². The molecular weight excluding hydrogens is 266 g/mol. The van der Waals surface area contributed by atoms with Gasteiger partial charge in [-0.25, -0.2) is 0 Å². The van der Waals surface area contributed by atoms with E-state index < -0.39 is 0 Å². The highest BCUT2D eigenvalue weighted by Crippen LogP contribution is 2.28. The Morgan fingerprint density at radius 2 is 2.12 bits per heavy atom. The van der Waals surface area contributed by atoms with Gasteiger partial charge in [-0.05, 0) is 25.2 Å². The van der Waals surface area contributed by atoms with Crippen LogP contribution >= 0.6 is 15.9 Å². The second kappa shape index (κ2) is 8.10. The Bertz CT molecular complexity index is 200. The maximum atomic E-state index is 11.5. The highest BCUT2D eigenvalue weighted by atomic mass is 79.9. The smallest absolute Gasteiger partial charge is 0.220 e. The van der Waals surface area contributed by atoms with Crippen molar-refractivity contribution in [3.63, 3.8) is 0 Å². The van der Waals surface area contributed by atoms with Gasteiger partial charge in [-0.1, -0.05) is 48.5 Å². The lowest BCUT2D eigenvalue weighted by Gasteiger charge is -2.09. The number of nitrogens with one attached hydrogen (secondary N) is 1. The summed E-state index contributed by atoms with van der Waals surface area (Å²) in [5.41, 5.74) is 0. The molecule has 94 valence electrons. The molecule has 0 bridgehead atoms. The average molecular weight is 290 g/mol. The number of carbonyl (C=O) groups excluding carboxylic acids is 1. The first-order valence-electron chi connectivity index (χ1n) is 6.59. The number of amides is 1. The Morgan fingerprint density at radius 3 is 2.75 bits per heavy atom. The Hall–Kier alpha value is -0.0500. The van der Waals surface area contributed by atoms with Gasteiger partial charge in [0.15, 0.2) is 0 Å². The summed E-state index contributed by atoms with van der Waals surface area (Å²) in [6.07, 6.45) is 9.45. The first-order valence-corrected chi connectivity index (χ1v) is 7.51. The number of hydrogen-bond donors (Lipinski definition) is 1. The summed E-state index contributed by atoms with van der Waals surface area (Å²) in [6.45, 7) is 2.97. The lowest BCUT2D eigenvalue weighted by atomic mass is 10.0. The van der Waals surface area contributed by atoms with E-state index in [1.807, 2.05) is 0 Å². The molecule has 0 aromatic rings. The van der Waals surface area contributed by atoms with Crippen LogP contribution in [0.2, 0.25) is 0 Å². The van der Waals surface area contributed by atoms with Crippen molar-refractivity contribution in [2.45, 2.75) is 63.1 Å². The normalized spacial score (nSPS) is 18.6. The molecule has 0 saturated heterocycles. The van der Waals surface area contributed by atoms with E-state index in [0.29, 0.717) is 4.83 Å². The molecule has 3 heteroatoms.